The first-order valence-corrected chi connectivity index (χ1v) is 15.2. The van der Waals surface area contributed by atoms with Crippen molar-refractivity contribution < 1.29 is 38.8 Å². The molecule has 0 atom stereocenters. The molecule has 0 spiro atoms. The Morgan fingerprint density at radius 3 is 2.32 bits per heavy atom. The predicted octanol–water partition coefficient (Wildman–Crippen LogP) is 4.66. The molecule has 0 aliphatic heterocycles. The largest absolute Gasteiger partial charge is 0.510 e. The van der Waals surface area contributed by atoms with Crippen LogP contribution in [0.25, 0.3) is 22.2 Å². The van der Waals surface area contributed by atoms with Gasteiger partial charge in [0, 0.05) is 5.56 Å². The van der Waals surface area contributed by atoms with Crippen molar-refractivity contribution in [3.8, 4) is 17.1 Å². The third-order valence-corrected chi connectivity index (χ3v) is 7.38. The summed E-state index contributed by atoms with van der Waals surface area (Å²) in [6, 6.07) is 26.8. The van der Waals surface area contributed by atoms with Crippen LogP contribution in [0.15, 0.2) is 96.1 Å². The Morgan fingerprint density at radius 2 is 1.62 bits per heavy atom. The van der Waals surface area contributed by atoms with Crippen molar-refractivity contribution in [1.29, 1.82) is 0 Å². The Kier molecular flexibility index (Phi) is 11.0. The molecule has 50 heavy (non-hydrogen) atoms. The summed E-state index contributed by atoms with van der Waals surface area (Å²) < 4.78 is 17.6. The lowest BCUT2D eigenvalue weighted by Crippen LogP contribution is -2.33. The van der Waals surface area contributed by atoms with Crippen LogP contribution in [0.5, 0.6) is 6.01 Å². The Hall–Kier alpha value is -6.68. The number of fused-ring (bicyclic) bond motifs is 1. The maximum atomic E-state index is 12.2. The van der Waals surface area contributed by atoms with Crippen molar-refractivity contribution in [2.75, 3.05) is 13.3 Å². The number of hydrazine groups is 1. The van der Waals surface area contributed by atoms with Crippen LogP contribution < -0.4 is 16.3 Å². The molecule has 0 fully saturated rings. The number of amidine groups is 1. The molecule has 0 amide bonds. The highest BCUT2D eigenvalue weighted by Gasteiger charge is 2.19. The van der Waals surface area contributed by atoms with Crippen LogP contribution in [0.4, 0.5) is 4.79 Å². The maximum absolute atomic E-state index is 12.2. The van der Waals surface area contributed by atoms with E-state index in [4.69, 9.17) is 25.8 Å². The lowest BCUT2D eigenvalue weighted by molar-refractivity contribution is -0.763. The summed E-state index contributed by atoms with van der Waals surface area (Å²) in [7, 11) is 0. The van der Waals surface area contributed by atoms with Crippen molar-refractivity contribution in [3.05, 3.63) is 129 Å². The topological polar surface area (TPSA) is 220 Å². The van der Waals surface area contributed by atoms with Gasteiger partial charge in [-0.25, -0.2) is 15.4 Å². The minimum Gasteiger partial charge on any atom is -0.478 e. The van der Waals surface area contributed by atoms with Crippen LogP contribution in [-0.4, -0.2) is 56.2 Å². The number of carboxylic acids is 1. The van der Waals surface area contributed by atoms with Gasteiger partial charge in [-0.1, -0.05) is 78.9 Å². The van der Waals surface area contributed by atoms with Gasteiger partial charge in [-0.2, -0.15) is 10.1 Å². The number of benzene rings is 4. The third-order valence-electron chi connectivity index (χ3n) is 7.38. The van der Waals surface area contributed by atoms with Crippen molar-refractivity contribution >= 4 is 29.0 Å². The van der Waals surface area contributed by atoms with E-state index in [-0.39, 0.29) is 24.6 Å². The van der Waals surface area contributed by atoms with Gasteiger partial charge in [-0.15, -0.1) is 15.2 Å². The fourth-order valence-corrected chi connectivity index (χ4v) is 5.13. The summed E-state index contributed by atoms with van der Waals surface area (Å²) in [6.45, 7) is 1.51. The van der Waals surface area contributed by atoms with Gasteiger partial charge in [0.25, 0.3) is 11.1 Å². The van der Waals surface area contributed by atoms with Crippen LogP contribution in [0, 0.1) is 10.1 Å². The van der Waals surface area contributed by atoms with E-state index in [9.17, 15) is 24.8 Å². The number of aromatic nitrogens is 2. The number of nitrogens with two attached hydrogens (primary N) is 2. The number of hydrazone groups is 1. The van der Waals surface area contributed by atoms with Crippen LogP contribution >= 0.6 is 0 Å². The second kappa shape index (κ2) is 15.9. The van der Waals surface area contributed by atoms with Gasteiger partial charge in [-0.05, 0) is 46.9 Å². The second-order valence-electron chi connectivity index (χ2n) is 10.6. The average molecular weight is 684 g/mol. The molecule has 5 N–H and O–H groups in total. The number of nitrogens with zero attached hydrogens (tertiary/aromatic N) is 5. The zero-order valence-corrected chi connectivity index (χ0v) is 26.8. The number of rotatable bonds is 15. The van der Waals surface area contributed by atoms with Gasteiger partial charge in [-0.3, -0.25) is 4.57 Å². The molecule has 258 valence electrons. The van der Waals surface area contributed by atoms with Crippen molar-refractivity contribution in [2.24, 2.45) is 16.7 Å². The number of carbonyl (C=O) groups is 2. The van der Waals surface area contributed by atoms with Gasteiger partial charge in [0.1, 0.15) is 13.2 Å². The number of carboxylic acid groups (broad SMARTS) is 1. The van der Waals surface area contributed by atoms with Crippen LogP contribution in [-0.2, 0) is 34.1 Å². The molecule has 5 aromatic rings. The number of carbonyl (C=O) groups excluding carboxylic acids is 1. The van der Waals surface area contributed by atoms with E-state index in [1.54, 1.807) is 53.1 Å². The first-order chi connectivity index (χ1) is 24.1. The number of aromatic carboxylic acids is 1. The number of para-hydroxylation sites is 1. The van der Waals surface area contributed by atoms with Gasteiger partial charge in [0.15, 0.2) is 12.6 Å². The molecule has 0 radical (unpaired) electrons. The molecule has 0 saturated heterocycles. The first-order valence-electron chi connectivity index (χ1n) is 15.2. The van der Waals surface area contributed by atoms with Crippen LogP contribution in [0.3, 0.4) is 0 Å². The minimum atomic E-state index is -1.06. The molecular formula is C34H33N7O9. The van der Waals surface area contributed by atoms with Gasteiger partial charge < -0.3 is 29.9 Å². The molecule has 1 heterocycles. The SMILES string of the molecule is CCOc1nc2cccc(C(=O)O)c2n1Cc1ccc(-c2ccccc2/C(N)=N/N(N)COC(=O)OCc2ccccc2CO[N+](=O)[O-])cc1. The molecule has 16 nitrogen and oxygen atoms in total. The molecule has 0 aliphatic carbocycles. The summed E-state index contributed by atoms with van der Waals surface area (Å²) in [4.78, 5) is 43.6. The lowest BCUT2D eigenvalue weighted by Gasteiger charge is -2.16. The van der Waals surface area contributed by atoms with Crippen LogP contribution in [0.1, 0.15) is 39.5 Å². The molecular weight excluding hydrogens is 650 g/mol. The first kappa shape index (κ1) is 34.6. The van der Waals surface area contributed by atoms with Gasteiger partial charge in [0.05, 0.1) is 29.7 Å². The van der Waals surface area contributed by atoms with Gasteiger partial charge >= 0.3 is 12.1 Å². The molecule has 0 saturated carbocycles. The Balaban J connectivity index is 1.24. The monoisotopic (exact) mass is 683 g/mol. The fraction of sp³-hybridized carbons (Fsp3) is 0.176. The molecule has 0 bridgehead atoms. The van der Waals surface area contributed by atoms with E-state index in [1.807, 2.05) is 43.3 Å². The Morgan fingerprint density at radius 1 is 0.940 bits per heavy atom. The average Bonchev–Trinajstić information content (AvgIpc) is 3.46. The molecule has 4 aromatic carbocycles. The summed E-state index contributed by atoms with van der Waals surface area (Å²) in [6.07, 6.45) is -1.05. The Labute approximate surface area is 285 Å². The summed E-state index contributed by atoms with van der Waals surface area (Å²) in [5.41, 5.74) is 11.4. The zero-order valence-electron chi connectivity index (χ0n) is 26.8. The van der Waals surface area contributed by atoms with Crippen molar-refractivity contribution in [1.82, 2.24) is 14.7 Å². The second-order valence-corrected chi connectivity index (χ2v) is 10.6. The molecule has 0 aliphatic rings. The van der Waals surface area contributed by atoms with E-state index in [1.165, 1.54) is 6.07 Å². The number of imidazole rings is 1. The summed E-state index contributed by atoms with van der Waals surface area (Å²) in [5, 5.41) is 24.4. The van der Waals surface area contributed by atoms with Crippen molar-refractivity contribution in [3.63, 3.8) is 0 Å². The maximum Gasteiger partial charge on any atom is 0.510 e. The number of hydrogen-bond donors (Lipinski definition) is 3. The molecule has 0 unspecified atom stereocenters. The van der Waals surface area contributed by atoms with Crippen molar-refractivity contribution in [2.45, 2.75) is 26.7 Å². The third kappa shape index (κ3) is 8.42. The zero-order chi connectivity index (χ0) is 35.6. The minimum absolute atomic E-state index is 0.0521. The molecule has 5 rings (SSSR count). The summed E-state index contributed by atoms with van der Waals surface area (Å²) >= 11 is 0. The van der Waals surface area contributed by atoms with E-state index in [2.05, 4.69) is 14.9 Å². The van der Waals surface area contributed by atoms with E-state index >= 15 is 0 Å². The van der Waals surface area contributed by atoms with E-state index in [0.717, 1.165) is 21.8 Å². The van der Waals surface area contributed by atoms with Crippen LogP contribution in [0.2, 0.25) is 0 Å². The number of ether oxygens (including phenoxy) is 3. The Bertz CT molecular complexity index is 2030. The van der Waals surface area contributed by atoms with E-state index in [0.29, 0.717) is 46.9 Å². The standard InChI is InChI=1S/C34H33N7O9/c1-2-47-33-37-29-13-7-12-28(32(42)43)30(29)39(33)18-22-14-16-23(17-15-22)26-10-5-6-11-27(26)31(35)38-40(36)21-49-34(44)48-19-24-8-3-4-9-25(24)20-50-41(45)46/h3-17H,2,18-21,36H2,1H3,(H2,35,38)(H,42,43). The molecule has 16 heteroatoms. The predicted molar refractivity (Wildman–Crippen MR) is 180 cm³/mol. The fourth-order valence-electron chi connectivity index (χ4n) is 5.13. The highest BCUT2D eigenvalue weighted by atomic mass is 16.9. The summed E-state index contributed by atoms with van der Waals surface area (Å²) in [5.74, 6) is 4.93. The lowest BCUT2D eigenvalue weighted by atomic mass is 9.98. The normalized spacial score (nSPS) is 11.2. The van der Waals surface area contributed by atoms with E-state index < -0.39 is 23.9 Å². The highest BCUT2D eigenvalue weighted by molar-refractivity contribution is 6.03. The molecule has 1 aromatic heterocycles. The number of hydrogen-bond acceptors (Lipinski definition) is 12. The quantitative estimate of drug-likeness (QED) is 0.0260. The smallest absolute Gasteiger partial charge is 0.478 e. The van der Waals surface area contributed by atoms with Gasteiger partial charge in [0.2, 0.25) is 0 Å². The highest BCUT2D eigenvalue weighted by Crippen LogP contribution is 2.28.